The topological polar surface area (TPSA) is 150 Å². The summed E-state index contributed by atoms with van der Waals surface area (Å²) in [6.45, 7) is 0.989. The van der Waals surface area contributed by atoms with Gasteiger partial charge in [-0.25, -0.2) is 0 Å². The average Bonchev–Trinajstić information content (AvgIpc) is 3.14. The van der Waals surface area contributed by atoms with Crippen molar-refractivity contribution in [3.8, 4) is 12.1 Å². The largest absolute Gasteiger partial charge is 0.422 e. The number of H-pyrrole nitrogens is 1. The number of nitrogens with zero attached hydrogens (tertiary/aromatic N) is 5. The molecule has 1 saturated heterocycles. The standard InChI is InChI=1S/C17H17N7O3/c18-4-1-15(25)24-6-3-11(10-24)21-8-12(7-19)27-17-22-14-9-20-5-2-13(14)16(26)23-17/h2,5,7-9,11H,1,3,6,10,19H2,(H,22,23,26)/t11-/m0/s1. The third kappa shape index (κ3) is 4.27. The lowest BCUT2D eigenvalue weighted by atomic mass is 10.3. The van der Waals surface area contributed by atoms with E-state index < -0.39 is 0 Å². The number of nitrogens with two attached hydrogens (primary N) is 1. The number of fused-ring (bicyclic) bond motifs is 1. The number of amides is 1. The number of hydrogen-bond donors (Lipinski definition) is 2. The fraction of sp³-hybridized carbons (Fsp3) is 0.294. The highest BCUT2D eigenvalue weighted by atomic mass is 16.5. The first-order valence-corrected chi connectivity index (χ1v) is 8.22. The van der Waals surface area contributed by atoms with Gasteiger partial charge in [0.2, 0.25) is 5.91 Å². The predicted octanol–water partition coefficient (Wildman–Crippen LogP) is 0.0824. The first-order valence-electron chi connectivity index (χ1n) is 8.22. The number of aliphatic imine (C=N–C) groups is 1. The number of aromatic amines is 1. The van der Waals surface area contributed by atoms with Crippen molar-refractivity contribution in [3.05, 3.63) is 40.8 Å². The number of hydrogen-bond acceptors (Lipinski definition) is 8. The molecule has 0 unspecified atom stereocenters. The zero-order chi connectivity index (χ0) is 19.2. The summed E-state index contributed by atoms with van der Waals surface area (Å²) < 4.78 is 5.49. The number of rotatable bonds is 5. The third-order valence-electron chi connectivity index (χ3n) is 4.02. The molecule has 1 atom stereocenters. The highest BCUT2D eigenvalue weighted by Crippen LogP contribution is 2.14. The number of allylic oxidation sites excluding steroid dienone is 1. The predicted molar refractivity (Wildman–Crippen MR) is 96.8 cm³/mol. The Morgan fingerprint density at radius 3 is 3.22 bits per heavy atom. The Morgan fingerprint density at radius 2 is 2.44 bits per heavy atom. The molecule has 10 nitrogen and oxygen atoms in total. The lowest BCUT2D eigenvalue weighted by Gasteiger charge is -2.13. The Bertz CT molecular complexity index is 1010. The van der Waals surface area contributed by atoms with E-state index in [0.717, 1.165) is 0 Å². The van der Waals surface area contributed by atoms with Crippen LogP contribution in [0.3, 0.4) is 0 Å². The van der Waals surface area contributed by atoms with Gasteiger partial charge in [-0.15, -0.1) is 0 Å². The third-order valence-corrected chi connectivity index (χ3v) is 4.02. The number of aromatic nitrogens is 3. The molecule has 10 heteroatoms. The molecular formula is C17H17N7O3. The van der Waals surface area contributed by atoms with E-state index in [-0.39, 0.29) is 35.7 Å². The molecule has 2 aromatic rings. The highest BCUT2D eigenvalue weighted by Gasteiger charge is 2.25. The van der Waals surface area contributed by atoms with Gasteiger partial charge in [0.05, 0.1) is 35.4 Å². The second-order valence-corrected chi connectivity index (χ2v) is 5.83. The summed E-state index contributed by atoms with van der Waals surface area (Å²) in [6, 6.07) is 3.27. The van der Waals surface area contributed by atoms with E-state index in [0.29, 0.717) is 30.4 Å². The Morgan fingerprint density at radius 1 is 1.59 bits per heavy atom. The second kappa shape index (κ2) is 8.09. The summed E-state index contributed by atoms with van der Waals surface area (Å²) in [6.07, 6.45) is 6.14. The summed E-state index contributed by atoms with van der Waals surface area (Å²) >= 11 is 0. The van der Waals surface area contributed by atoms with Crippen molar-refractivity contribution in [2.45, 2.75) is 18.9 Å². The van der Waals surface area contributed by atoms with Crippen LogP contribution in [0.5, 0.6) is 6.01 Å². The van der Waals surface area contributed by atoms with E-state index in [9.17, 15) is 9.59 Å². The zero-order valence-corrected chi connectivity index (χ0v) is 14.3. The van der Waals surface area contributed by atoms with Gasteiger partial charge in [0.25, 0.3) is 5.56 Å². The van der Waals surface area contributed by atoms with Gasteiger partial charge in [-0.05, 0) is 12.5 Å². The normalized spacial score (nSPS) is 17.4. The van der Waals surface area contributed by atoms with Crippen LogP contribution in [-0.4, -0.2) is 51.1 Å². The first-order chi connectivity index (χ1) is 13.1. The Hall–Kier alpha value is -3.74. The quantitative estimate of drug-likeness (QED) is 0.561. The van der Waals surface area contributed by atoms with Crippen LogP contribution in [0.4, 0.5) is 0 Å². The Labute approximate surface area is 154 Å². The monoisotopic (exact) mass is 367 g/mol. The van der Waals surface area contributed by atoms with Gasteiger partial charge in [0.1, 0.15) is 6.42 Å². The Balaban J connectivity index is 1.67. The van der Waals surface area contributed by atoms with Gasteiger partial charge < -0.3 is 15.4 Å². The summed E-state index contributed by atoms with van der Waals surface area (Å²) in [7, 11) is 0. The van der Waals surface area contributed by atoms with Crippen molar-refractivity contribution >= 4 is 23.0 Å². The summed E-state index contributed by atoms with van der Waals surface area (Å²) in [5.74, 6) is -0.00391. The summed E-state index contributed by atoms with van der Waals surface area (Å²) in [4.78, 5) is 40.3. The van der Waals surface area contributed by atoms with E-state index in [1.54, 1.807) is 11.0 Å². The van der Waals surface area contributed by atoms with E-state index in [1.165, 1.54) is 24.8 Å². The van der Waals surface area contributed by atoms with Crippen LogP contribution in [0.1, 0.15) is 12.8 Å². The van der Waals surface area contributed by atoms with Gasteiger partial charge >= 0.3 is 6.01 Å². The number of carbonyl (C=O) groups is 1. The zero-order valence-electron chi connectivity index (χ0n) is 14.3. The summed E-state index contributed by atoms with van der Waals surface area (Å²) in [5.41, 5.74) is 5.60. The van der Waals surface area contributed by atoms with Crippen LogP contribution in [0.15, 0.2) is 40.2 Å². The van der Waals surface area contributed by atoms with Crippen molar-refractivity contribution in [2.75, 3.05) is 13.1 Å². The molecule has 3 heterocycles. The Kier molecular flexibility index (Phi) is 5.41. The van der Waals surface area contributed by atoms with E-state index in [2.05, 4.69) is 19.9 Å². The van der Waals surface area contributed by atoms with Crippen LogP contribution in [0.25, 0.3) is 10.9 Å². The number of pyridine rings is 1. The molecule has 1 aliphatic heterocycles. The molecular weight excluding hydrogens is 350 g/mol. The molecule has 1 amide bonds. The van der Waals surface area contributed by atoms with Crippen molar-refractivity contribution in [1.82, 2.24) is 19.9 Å². The number of carbonyl (C=O) groups excluding carboxylic acids is 1. The number of likely N-dealkylation sites (tertiary alicyclic amines) is 1. The fourth-order valence-corrected chi connectivity index (χ4v) is 2.68. The maximum atomic E-state index is 12.0. The first kappa shape index (κ1) is 18.1. The second-order valence-electron chi connectivity index (χ2n) is 5.83. The fourth-order valence-electron chi connectivity index (χ4n) is 2.68. The van der Waals surface area contributed by atoms with Crippen LogP contribution in [-0.2, 0) is 4.79 Å². The van der Waals surface area contributed by atoms with Crippen LogP contribution in [0, 0.1) is 11.3 Å². The van der Waals surface area contributed by atoms with Gasteiger partial charge in [-0.1, -0.05) is 0 Å². The molecule has 0 aliphatic carbocycles. The maximum Gasteiger partial charge on any atom is 0.302 e. The minimum absolute atomic E-state index is 0.0269. The highest BCUT2D eigenvalue weighted by molar-refractivity contribution is 5.79. The van der Waals surface area contributed by atoms with Gasteiger partial charge in [0.15, 0.2) is 5.76 Å². The van der Waals surface area contributed by atoms with E-state index >= 15 is 0 Å². The lowest BCUT2D eigenvalue weighted by molar-refractivity contribution is -0.129. The number of nitriles is 1. The number of nitrogens with one attached hydrogen (secondary N) is 1. The molecule has 0 spiro atoms. The van der Waals surface area contributed by atoms with Crippen molar-refractivity contribution < 1.29 is 9.53 Å². The number of ether oxygens (including phenoxy) is 1. The van der Waals surface area contributed by atoms with Gasteiger partial charge in [-0.2, -0.15) is 10.2 Å². The summed E-state index contributed by atoms with van der Waals surface area (Å²) in [5, 5.41) is 9.00. The van der Waals surface area contributed by atoms with Gasteiger partial charge in [-0.3, -0.25) is 24.5 Å². The van der Waals surface area contributed by atoms with E-state index in [1.807, 2.05) is 6.07 Å². The van der Waals surface area contributed by atoms with Gasteiger partial charge in [0, 0.05) is 25.5 Å². The SMILES string of the molecule is N#CCC(=O)N1CC[C@H](N=CC(=CN)Oc2nc3cnccc3c(=O)[nH]2)C1. The molecule has 2 aromatic heterocycles. The molecule has 0 bridgehead atoms. The molecule has 1 aliphatic rings. The lowest BCUT2D eigenvalue weighted by Crippen LogP contribution is -2.28. The van der Waals surface area contributed by atoms with Crippen LogP contribution in [0.2, 0.25) is 0 Å². The molecule has 0 saturated carbocycles. The minimum Gasteiger partial charge on any atom is -0.422 e. The molecule has 0 radical (unpaired) electrons. The molecule has 3 rings (SSSR count). The van der Waals surface area contributed by atoms with Crippen LogP contribution >= 0.6 is 0 Å². The molecule has 138 valence electrons. The smallest absolute Gasteiger partial charge is 0.302 e. The van der Waals surface area contributed by atoms with E-state index in [4.69, 9.17) is 15.7 Å². The maximum absolute atomic E-state index is 12.0. The average molecular weight is 367 g/mol. The molecule has 27 heavy (non-hydrogen) atoms. The molecule has 3 N–H and O–H groups in total. The van der Waals surface area contributed by atoms with Crippen LogP contribution < -0.4 is 16.0 Å². The van der Waals surface area contributed by atoms with Crippen molar-refractivity contribution in [3.63, 3.8) is 0 Å². The molecule has 0 aromatic carbocycles. The van der Waals surface area contributed by atoms with Crippen molar-refractivity contribution in [1.29, 1.82) is 5.26 Å². The molecule has 1 fully saturated rings. The van der Waals surface area contributed by atoms with Crippen molar-refractivity contribution in [2.24, 2.45) is 10.7 Å². The minimum atomic E-state index is -0.354.